The molecule has 4 nitrogen and oxygen atoms in total. The highest BCUT2D eigenvalue weighted by molar-refractivity contribution is 5.97. The van der Waals surface area contributed by atoms with Crippen LogP contribution in [0, 0.1) is 17.2 Å². The van der Waals surface area contributed by atoms with Gasteiger partial charge in [-0.15, -0.1) is 0 Å². The summed E-state index contributed by atoms with van der Waals surface area (Å²) >= 11 is 0. The summed E-state index contributed by atoms with van der Waals surface area (Å²) in [6.45, 7) is 3.43. The number of piperidine rings is 2. The molecule has 0 aromatic heterocycles. The van der Waals surface area contributed by atoms with Crippen molar-refractivity contribution >= 4 is 5.91 Å². The molecule has 1 amide bonds. The van der Waals surface area contributed by atoms with Crippen molar-refractivity contribution in [3.63, 3.8) is 0 Å². The Hall–Kier alpha value is -2.28. The van der Waals surface area contributed by atoms with Crippen molar-refractivity contribution in [2.75, 3.05) is 26.2 Å². The predicted octanol–water partition coefficient (Wildman–Crippen LogP) is 3.36. The maximum Gasteiger partial charge on any atom is 0.266 e. The first-order chi connectivity index (χ1) is 12.3. The van der Waals surface area contributed by atoms with E-state index in [0.29, 0.717) is 11.5 Å². The Kier molecular flexibility index (Phi) is 6.11. The van der Waals surface area contributed by atoms with Gasteiger partial charge in [0.1, 0.15) is 11.6 Å². The molecule has 0 spiro atoms. The lowest BCUT2D eigenvalue weighted by Gasteiger charge is -2.32. The van der Waals surface area contributed by atoms with Crippen LogP contribution in [0.5, 0.6) is 0 Å². The van der Waals surface area contributed by atoms with Gasteiger partial charge in [-0.3, -0.25) is 4.79 Å². The van der Waals surface area contributed by atoms with Gasteiger partial charge in [0.15, 0.2) is 0 Å². The smallest absolute Gasteiger partial charge is 0.266 e. The molecule has 3 rings (SSSR count). The van der Waals surface area contributed by atoms with Gasteiger partial charge < -0.3 is 9.80 Å². The normalized spacial score (nSPS) is 19.6. The first kappa shape index (κ1) is 17.5. The van der Waals surface area contributed by atoms with Crippen LogP contribution in [0.2, 0.25) is 0 Å². The number of hydrogen-bond acceptors (Lipinski definition) is 3. The Balaban J connectivity index is 1.53. The SMILES string of the molecule is N#C/C(=C/N1CCCCC1)C(=O)N1CCC(Cc2ccccc2)CC1. The zero-order chi connectivity index (χ0) is 17.5. The van der Waals surface area contributed by atoms with Crippen LogP contribution in [-0.4, -0.2) is 41.9 Å². The van der Waals surface area contributed by atoms with Crippen LogP contribution in [0.15, 0.2) is 42.1 Å². The quantitative estimate of drug-likeness (QED) is 0.625. The standard InChI is InChI=1S/C21H27N3O/c22-16-20(17-23-11-5-2-6-12-23)21(25)24-13-9-19(10-14-24)15-18-7-3-1-4-8-18/h1,3-4,7-8,17,19H,2,5-6,9-15H2/b20-17-. The molecule has 2 saturated heterocycles. The second kappa shape index (κ2) is 8.71. The Morgan fingerprint density at radius 2 is 1.76 bits per heavy atom. The van der Waals surface area contributed by atoms with Gasteiger partial charge in [-0.2, -0.15) is 5.26 Å². The summed E-state index contributed by atoms with van der Waals surface area (Å²) in [6.07, 6.45) is 8.44. The summed E-state index contributed by atoms with van der Waals surface area (Å²) in [6, 6.07) is 12.7. The minimum absolute atomic E-state index is 0.0914. The number of nitriles is 1. The molecule has 2 aliphatic rings. The number of nitrogens with zero attached hydrogens (tertiary/aromatic N) is 3. The molecule has 1 aromatic rings. The number of hydrogen-bond donors (Lipinski definition) is 0. The van der Waals surface area contributed by atoms with Crippen LogP contribution >= 0.6 is 0 Å². The zero-order valence-corrected chi connectivity index (χ0v) is 14.9. The number of benzene rings is 1. The lowest BCUT2D eigenvalue weighted by molar-refractivity contribution is -0.128. The molecular formula is C21H27N3O. The molecule has 0 bridgehead atoms. The maximum absolute atomic E-state index is 12.7. The molecule has 1 aromatic carbocycles. The van der Waals surface area contributed by atoms with E-state index in [1.54, 1.807) is 6.20 Å². The minimum atomic E-state index is -0.0914. The van der Waals surface area contributed by atoms with Crippen LogP contribution < -0.4 is 0 Å². The van der Waals surface area contributed by atoms with E-state index in [-0.39, 0.29) is 5.91 Å². The number of amides is 1. The molecule has 0 radical (unpaired) electrons. The van der Waals surface area contributed by atoms with Crippen molar-refractivity contribution in [1.29, 1.82) is 5.26 Å². The summed E-state index contributed by atoms with van der Waals surface area (Å²) < 4.78 is 0. The number of carbonyl (C=O) groups excluding carboxylic acids is 1. The molecule has 0 unspecified atom stereocenters. The molecule has 132 valence electrons. The van der Waals surface area contributed by atoms with Gasteiger partial charge in [0.05, 0.1) is 0 Å². The molecular weight excluding hydrogens is 310 g/mol. The zero-order valence-electron chi connectivity index (χ0n) is 14.9. The third-order valence-corrected chi connectivity index (χ3v) is 5.32. The minimum Gasteiger partial charge on any atom is -0.376 e. The second-order valence-corrected chi connectivity index (χ2v) is 7.18. The maximum atomic E-state index is 12.7. The van der Waals surface area contributed by atoms with E-state index in [1.165, 1.54) is 12.0 Å². The van der Waals surface area contributed by atoms with Crippen molar-refractivity contribution in [2.24, 2.45) is 5.92 Å². The highest BCUT2D eigenvalue weighted by atomic mass is 16.2. The Labute approximate surface area is 150 Å². The van der Waals surface area contributed by atoms with Gasteiger partial charge in [0, 0.05) is 32.4 Å². The fourth-order valence-electron chi connectivity index (χ4n) is 3.82. The first-order valence-electron chi connectivity index (χ1n) is 9.45. The lowest BCUT2D eigenvalue weighted by Crippen LogP contribution is -2.40. The van der Waals surface area contributed by atoms with Gasteiger partial charge in [-0.1, -0.05) is 30.3 Å². The number of likely N-dealkylation sites (tertiary alicyclic amines) is 2. The van der Waals surface area contributed by atoms with Crippen LogP contribution in [0.1, 0.15) is 37.7 Å². The molecule has 2 heterocycles. The van der Waals surface area contributed by atoms with E-state index < -0.39 is 0 Å². The summed E-state index contributed by atoms with van der Waals surface area (Å²) in [5, 5.41) is 9.41. The summed E-state index contributed by atoms with van der Waals surface area (Å²) in [5.74, 6) is 0.536. The van der Waals surface area contributed by atoms with Crippen LogP contribution in [0.25, 0.3) is 0 Å². The van der Waals surface area contributed by atoms with E-state index in [9.17, 15) is 10.1 Å². The van der Waals surface area contributed by atoms with E-state index in [4.69, 9.17) is 0 Å². The highest BCUT2D eigenvalue weighted by Crippen LogP contribution is 2.23. The summed E-state index contributed by atoms with van der Waals surface area (Å²) in [4.78, 5) is 16.7. The molecule has 4 heteroatoms. The van der Waals surface area contributed by atoms with Gasteiger partial charge in [0.25, 0.3) is 5.91 Å². The molecule has 2 aliphatic heterocycles. The molecule has 0 saturated carbocycles. The summed E-state index contributed by atoms with van der Waals surface area (Å²) in [5.41, 5.74) is 1.67. The highest BCUT2D eigenvalue weighted by Gasteiger charge is 2.25. The van der Waals surface area contributed by atoms with Gasteiger partial charge in [-0.25, -0.2) is 0 Å². The fraction of sp³-hybridized carbons (Fsp3) is 0.524. The predicted molar refractivity (Wildman–Crippen MR) is 98.6 cm³/mol. The van der Waals surface area contributed by atoms with E-state index in [0.717, 1.165) is 58.3 Å². The van der Waals surface area contributed by atoms with Gasteiger partial charge in [0.2, 0.25) is 0 Å². The first-order valence-corrected chi connectivity index (χ1v) is 9.45. The van der Waals surface area contributed by atoms with Crippen LogP contribution in [0.3, 0.4) is 0 Å². The fourth-order valence-corrected chi connectivity index (χ4v) is 3.82. The molecule has 0 N–H and O–H groups in total. The molecule has 25 heavy (non-hydrogen) atoms. The van der Waals surface area contributed by atoms with Crippen LogP contribution in [-0.2, 0) is 11.2 Å². The van der Waals surface area contributed by atoms with E-state index in [2.05, 4.69) is 35.2 Å². The van der Waals surface area contributed by atoms with Crippen LogP contribution in [0.4, 0.5) is 0 Å². The van der Waals surface area contributed by atoms with Gasteiger partial charge in [-0.05, 0) is 50.0 Å². The van der Waals surface area contributed by atoms with Crippen molar-refractivity contribution in [1.82, 2.24) is 9.80 Å². The third kappa shape index (κ3) is 4.85. The topological polar surface area (TPSA) is 47.3 Å². The Morgan fingerprint density at radius 1 is 1.08 bits per heavy atom. The average molecular weight is 337 g/mol. The molecule has 0 atom stereocenters. The Morgan fingerprint density at radius 3 is 2.40 bits per heavy atom. The summed E-state index contributed by atoms with van der Waals surface area (Å²) in [7, 11) is 0. The lowest BCUT2D eigenvalue weighted by atomic mass is 9.90. The second-order valence-electron chi connectivity index (χ2n) is 7.18. The van der Waals surface area contributed by atoms with E-state index >= 15 is 0 Å². The van der Waals surface area contributed by atoms with Crippen molar-refractivity contribution in [3.8, 4) is 6.07 Å². The largest absolute Gasteiger partial charge is 0.376 e. The van der Waals surface area contributed by atoms with Gasteiger partial charge >= 0.3 is 0 Å². The molecule has 2 fully saturated rings. The Bertz CT molecular complexity index is 633. The average Bonchev–Trinajstić information content (AvgIpc) is 2.68. The van der Waals surface area contributed by atoms with Crippen molar-refractivity contribution in [2.45, 2.75) is 38.5 Å². The van der Waals surface area contributed by atoms with Crippen molar-refractivity contribution < 1.29 is 4.79 Å². The number of rotatable bonds is 4. The van der Waals surface area contributed by atoms with Crippen molar-refractivity contribution in [3.05, 3.63) is 47.7 Å². The monoisotopic (exact) mass is 337 g/mol. The third-order valence-electron chi connectivity index (χ3n) is 5.32. The van der Waals surface area contributed by atoms with E-state index in [1.807, 2.05) is 11.0 Å². The number of carbonyl (C=O) groups is 1. The molecule has 0 aliphatic carbocycles.